The van der Waals surface area contributed by atoms with Gasteiger partial charge in [0, 0.05) is 29.9 Å². The lowest BCUT2D eigenvalue weighted by Gasteiger charge is -2.31. The summed E-state index contributed by atoms with van der Waals surface area (Å²) in [5, 5.41) is 16.2. The number of hydrogen-bond acceptors (Lipinski definition) is 5. The lowest BCUT2D eigenvalue weighted by atomic mass is 10.0. The molecule has 2 aliphatic heterocycles. The number of likely N-dealkylation sites (tertiary alicyclic amines) is 1. The molecule has 0 bridgehead atoms. The summed E-state index contributed by atoms with van der Waals surface area (Å²) < 4.78 is 12.1. The highest BCUT2D eigenvalue weighted by Gasteiger charge is 2.26. The number of amides is 2. The van der Waals surface area contributed by atoms with Crippen LogP contribution in [0, 0.1) is 6.92 Å². The Bertz CT molecular complexity index is 1280. The van der Waals surface area contributed by atoms with Gasteiger partial charge in [-0.25, -0.2) is 4.79 Å². The average molecular weight is 500 g/mol. The number of nitrogens with one attached hydrogen (secondary N) is 2. The summed E-state index contributed by atoms with van der Waals surface area (Å²) in [5.74, 6) is 1.33. The molecule has 192 valence electrons. The molecule has 2 amide bonds. The number of nitrogens with zero attached hydrogens (tertiary/aromatic N) is 1. The summed E-state index contributed by atoms with van der Waals surface area (Å²) in [6.07, 6.45) is 3.35. The lowest BCUT2D eigenvalue weighted by Crippen LogP contribution is -2.37. The van der Waals surface area contributed by atoms with Gasteiger partial charge in [0.15, 0.2) is 0 Å². The summed E-state index contributed by atoms with van der Waals surface area (Å²) >= 11 is 0. The maximum Gasteiger partial charge on any atom is 0.323 e. The van der Waals surface area contributed by atoms with Crippen LogP contribution in [0.4, 0.5) is 10.5 Å². The van der Waals surface area contributed by atoms with E-state index in [0.717, 1.165) is 54.8 Å². The van der Waals surface area contributed by atoms with Crippen LogP contribution in [-0.2, 0) is 6.42 Å². The zero-order valence-corrected chi connectivity index (χ0v) is 21.2. The Labute approximate surface area is 217 Å². The monoisotopic (exact) mass is 499 g/mol. The number of ether oxygens (including phenoxy) is 2. The van der Waals surface area contributed by atoms with Crippen molar-refractivity contribution in [1.29, 1.82) is 0 Å². The van der Waals surface area contributed by atoms with Gasteiger partial charge in [0.05, 0.1) is 5.70 Å². The first-order valence-electron chi connectivity index (χ1n) is 12.7. The second-order valence-corrected chi connectivity index (χ2v) is 9.74. The standard InChI is InChI=1S/C30H33N3O4/c1-20-27(36-25-13-15-33(2)16-14-25)12-11-23-19-26(29(34)37-28(20)23)32-30(35)31-24-10-6-9-22(18-24)17-21-7-4-3-5-8-21/h3-12,18-19,25,29,34H,13-17H2,1-2H3,(H2,31,32,35). The van der Waals surface area contributed by atoms with Crippen molar-refractivity contribution >= 4 is 17.8 Å². The third kappa shape index (κ3) is 6.13. The van der Waals surface area contributed by atoms with Crippen molar-refractivity contribution in [1.82, 2.24) is 10.2 Å². The molecule has 5 rings (SSSR count). The second-order valence-electron chi connectivity index (χ2n) is 9.74. The van der Waals surface area contributed by atoms with Crippen molar-refractivity contribution in [3.63, 3.8) is 0 Å². The van der Waals surface area contributed by atoms with E-state index < -0.39 is 12.3 Å². The van der Waals surface area contributed by atoms with Crippen LogP contribution in [0.5, 0.6) is 11.5 Å². The molecule has 0 spiro atoms. The summed E-state index contributed by atoms with van der Waals surface area (Å²) in [7, 11) is 2.12. The van der Waals surface area contributed by atoms with Gasteiger partial charge in [-0.15, -0.1) is 0 Å². The van der Waals surface area contributed by atoms with Crippen molar-refractivity contribution in [2.45, 2.75) is 38.6 Å². The first kappa shape index (κ1) is 24.9. The van der Waals surface area contributed by atoms with Gasteiger partial charge in [-0.05, 0) is 74.7 Å². The molecule has 0 radical (unpaired) electrons. The van der Waals surface area contributed by atoms with Gasteiger partial charge >= 0.3 is 6.03 Å². The molecular formula is C30H33N3O4. The maximum absolute atomic E-state index is 12.7. The Morgan fingerprint density at radius 2 is 1.78 bits per heavy atom. The van der Waals surface area contributed by atoms with E-state index in [4.69, 9.17) is 9.47 Å². The highest BCUT2D eigenvalue weighted by molar-refractivity contribution is 5.91. The number of aliphatic hydroxyl groups is 1. The maximum atomic E-state index is 12.7. The molecule has 7 heteroatoms. The summed E-state index contributed by atoms with van der Waals surface area (Å²) in [6, 6.07) is 21.3. The number of aliphatic hydroxyl groups excluding tert-OH is 1. The van der Waals surface area contributed by atoms with Crippen LogP contribution in [0.15, 0.2) is 72.4 Å². The van der Waals surface area contributed by atoms with E-state index >= 15 is 0 Å². The van der Waals surface area contributed by atoms with Crippen molar-refractivity contribution in [3.05, 3.63) is 94.7 Å². The van der Waals surface area contributed by atoms with Gasteiger partial charge in [-0.2, -0.15) is 0 Å². The Morgan fingerprint density at radius 3 is 2.57 bits per heavy atom. The van der Waals surface area contributed by atoms with Crippen LogP contribution in [0.1, 0.15) is 35.1 Å². The molecule has 2 aliphatic rings. The highest BCUT2D eigenvalue weighted by Crippen LogP contribution is 2.37. The van der Waals surface area contributed by atoms with Gasteiger partial charge in [0.25, 0.3) is 0 Å². The number of urea groups is 1. The molecule has 0 aromatic heterocycles. The molecule has 3 N–H and O–H groups in total. The van der Waals surface area contributed by atoms with E-state index in [1.165, 1.54) is 5.56 Å². The van der Waals surface area contributed by atoms with Crippen molar-refractivity contribution in [2.24, 2.45) is 0 Å². The molecule has 3 aromatic carbocycles. The molecule has 37 heavy (non-hydrogen) atoms. The molecule has 7 nitrogen and oxygen atoms in total. The predicted molar refractivity (Wildman–Crippen MR) is 145 cm³/mol. The number of anilines is 1. The smallest absolute Gasteiger partial charge is 0.323 e. The van der Waals surface area contributed by atoms with E-state index in [1.807, 2.05) is 61.5 Å². The molecule has 0 saturated carbocycles. The Hall–Kier alpha value is -3.81. The zero-order valence-electron chi connectivity index (χ0n) is 21.2. The molecule has 1 unspecified atom stereocenters. The average Bonchev–Trinajstić information content (AvgIpc) is 2.89. The van der Waals surface area contributed by atoms with E-state index in [2.05, 4.69) is 34.7 Å². The van der Waals surface area contributed by atoms with Crippen molar-refractivity contribution in [3.8, 4) is 11.5 Å². The normalized spacial score (nSPS) is 17.8. The predicted octanol–water partition coefficient (Wildman–Crippen LogP) is 4.93. The van der Waals surface area contributed by atoms with Crippen LogP contribution in [0.25, 0.3) is 6.08 Å². The molecule has 2 heterocycles. The first-order chi connectivity index (χ1) is 17.9. The molecule has 3 aromatic rings. The number of piperidine rings is 1. The van der Waals surface area contributed by atoms with Gasteiger partial charge in [0.2, 0.25) is 6.29 Å². The minimum atomic E-state index is -1.29. The van der Waals surface area contributed by atoms with Crippen molar-refractivity contribution < 1.29 is 19.4 Å². The fourth-order valence-corrected chi connectivity index (χ4v) is 4.77. The van der Waals surface area contributed by atoms with Crippen LogP contribution in [-0.4, -0.2) is 48.6 Å². The van der Waals surface area contributed by atoms with Gasteiger partial charge in [-0.3, -0.25) is 0 Å². The van der Waals surface area contributed by atoms with Crippen LogP contribution >= 0.6 is 0 Å². The number of hydrogen-bond donors (Lipinski definition) is 3. The fraction of sp³-hybridized carbons (Fsp3) is 0.300. The quantitative estimate of drug-likeness (QED) is 0.448. The Balaban J connectivity index is 1.24. The summed E-state index contributed by atoms with van der Waals surface area (Å²) in [4.78, 5) is 15.0. The number of rotatable bonds is 6. The van der Waals surface area contributed by atoms with E-state index in [9.17, 15) is 9.90 Å². The van der Waals surface area contributed by atoms with E-state index in [1.54, 1.807) is 6.08 Å². The molecule has 1 saturated heterocycles. The molecule has 1 fully saturated rings. The molecule has 1 atom stereocenters. The lowest BCUT2D eigenvalue weighted by molar-refractivity contribution is 0.00796. The van der Waals surface area contributed by atoms with Crippen LogP contribution < -0.4 is 20.1 Å². The minimum Gasteiger partial charge on any atom is -0.490 e. The molecular weight excluding hydrogens is 466 g/mol. The summed E-state index contributed by atoms with van der Waals surface area (Å²) in [6.45, 7) is 3.96. The highest BCUT2D eigenvalue weighted by atomic mass is 16.6. The van der Waals surface area contributed by atoms with Gasteiger partial charge in [-0.1, -0.05) is 42.5 Å². The number of fused-ring (bicyclic) bond motifs is 1. The van der Waals surface area contributed by atoms with Gasteiger partial charge in [0.1, 0.15) is 17.6 Å². The third-order valence-electron chi connectivity index (χ3n) is 6.85. The van der Waals surface area contributed by atoms with E-state index in [-0.39, 0.29) is 11.8 Å². The van der Waals surface area contributed by atoms with Gasteiger partial charge < -0.3 is 30.1 Å². The van der Waals surface area contributed by atoms with Crippen molar-refractivity contribution in [2.75, 3.05) is 25.5 Å². The largest absolute Gasteiger partial charge is 0.490 e. The fourth-order valence-electron chi connectivity index (χ4n) is 4.77. The molecule has 0 aliphatic carbocycles. The Kier molecular flexibility index (Phi) is 7.44. The minimum absolute atomic E-state index is 0.170. The number of carbonyl (C=O) groups excluding carboxylic acids is 1. The third-order valence-corrected chi connectivity index (χ3v) is 6.85. The SMILES string of the molecule is Cc1c(OC2CCN(C)CC2)ccc2c1OC(O)C(NC(=O)Nc1cccc(Cc3ccccc3)c1)=C2. The zero-order chi connectivity index (χ0) is 25.8. The van der Waals surface area contributed by atoms with Crippen LogP contribution in [0.3, 0.4) is 0 Å². The second kappa shape index (κ2) is 11.1. The summed E-state index contributed by atoms with van der Waals surface area (Å²) in [5.41, 5.74) is 4.85. The number of carbonyl (C=O) groups is 1. The Morgan fingerprint density at radius 1 is 1.03 bits per heavy atom. The topological polar surface area (TPSA) is 83.1 Å². The number of benzene rings is 3. The first-order valence-corrected chi connectivity index (χ1v) is 12.7. The van der Waals surface area contributed by atoms with Crippen LogP contribution in [0.2, 0.25) is 0 Å². The van der Waals surface area contributed by atoms with E-state index in [0.29, 0.717) is 11.4 Å².